The summed E-state index contributed by atoms with van der Waals surface area (Å²) in [6, 6.07) is 11.8. The third-order valence-corrected chi connectivity index (χ3v) is 6.04. The second kappa shape index (κ2) is 10.1. The van der Waals surface area contributed by atoms with Crippen molar-refractivity contribution in [2.75, 3.05) is 6.54 Å². The highest BCUT2D eigenvalue weighted by atomic mass is 35.5. The molecule has 0 spiro atoms. The van der Waals surface area contributed by atoms with E-state index in [1.54, 1.807) is 24.3 Å². The van der Waals surface area contributed by atoms with Crippen LogP contribution in [-0.4, -0.2) is 22.3 Å². The highest BCUT2D eigenvalue weighted by Crippen LogP contribution is 2.27. The van der Waals surface area contributed by atoms with Crippen LogP contribution in [0.25, 0.3) is 0 Å². The molecule has 0 saturated heterocycles. The van der Waals surface area contributed by atoms with Crippen LogP contribution in [0, 0.1) is 16.0 Å². The highest BCUT2D eigenvalue weighted by molar-refractivity contribution is 6.35. The van der Waals surface area contributed by atoms with Crippen molar-refractivity contribution in [2.24, 2.45) is 5.92 Å². The van der Waals surface area contributed by atoms with Crippen LogP contribution in [-0.2, 0) is 17.8 Å². The van der Waals surface area contributed by atoms with Crippen LogP contribution in [0.4, 0.5) is 5.69 Å². The lowest BCUT2D eigenvalue weighted by molar-refractivity contribution is -0.384. The van der Waals surface area contributed by atoms with Gasteiger partial charge in [-0.2, -0.15) is 0 Å². The summed E-state index contributed by atoms with van der Waals surface area (Å²) in [5.41, 5.74) is 1.87. The fourth-order valence-electron chi connectivity index (χ4n) is 3.80. The molecule has 1 aliphatic carbocycles. The lowest BCUT2D eigenvalue weighted by atomic mass is 9.88. The Hall–Kier alpha value is -2.11. The monoisotopic (exact) mass is 434 g/mol. The van der Waals surface area contributed by atoms with Gasteiger partial charge in [0.15, 0.2) is 0 Å². The first-order chi connectivity index (χ1) is 13.9. The van der Waals surface area contributed by atoms with Crippen LogP contribution in [0.3, 0.4) is 0 Å². The summed E-state index contributed by atoms with van der Waals surface area (Å²) < 4.78 is 0. The van der Waals surface area contributed by atoms with Crippen LogP contribution in [0.15, 0.2) is 42.5 Å². The Kier molecular flexibility index (Phi) is 7.51. The molecule has 0 heterocycles. The Morgan fingerprint density at radius 1 is 1.07 bits per heavy atom. The van der Waals surface area contributed by atoms with Gasteiger partial charge in [-0.1, -0.05) is 60.7 Å². The number of nitrogens with zero attached hydrogens (tertiary/aromatic N) is 2. The molecule has 2 aromatic carbocycles. The van der Waals surface area contributed by atoms with Crippen molar-refractivity contribution >= 4 is 34.8 Å². The van der Waals surface area contributed by atoms with E-state index in [0.717, 1.165) is 36.8 Å². The molecular formula is C22H24Cl2N2O3. The average molecular weight is 435 g/mol. The van der Waals surface area contributed by atoms with E-state index >= 15 is 0 Å². The van der Waals surface area contributed by atoms with Crippen molar-refractivity contribution in [3.63, 3.8) is 0 Å². The topological polar surface area (TPSA) is 63.5 Å². The van der Waals surface area contributed by atoms with Gasteiger partial charge in [-0.05, 0) is 42.5 Å². The van der Waals surface area contributed by atoms with E-state index in [9.17, 15) is 14.9 Å². The van der Waals surface area contributed by atoms with Crippen LogP contribution < -0.4 is 0 Å². The molecule has 2 aromatic rings. The molecule has 0 N–H and O–H groups in total. The maximum absolute atomic E-state index is 13.2. The molecule has 1 amide bonds. The van der Waals surface area contributed by atoms with Gasteiger partial charge in [0.1, 0.15) is 0 Å². The number of carbonyl (C=O) groups is 1. The summed E-state index contributed by atoms with van der Waals surface area (Å²) in [6.45, 7) is 0.964. The Labute approximate surface area is 180 Å². The fraction of sp³-hybridized carbons (Fsp3) is 0.409. The second-order valence-corrected chi connectivity index (χ2v) is 8.35. The number of amides is 1. The zero-order chi connectivity index (χ0) is 20.8. The minimum absolute atomic E-state index is 0.0480. The quantitative estimate of drug-likeness (QED) is 0.393. The molecule has 154 valence electrons. The SMILES string of the molecule is O=C(C1CCCCC1)N(CCc1ccc(Cl)cc1Cl)Cc1ccc([N+](=O)[O-])cc1. The van der Waals surface area contributed by atoms with E-state index in [1.807, 2.05) is 11.0 Å². The zero-order valence-corrected chi connectivity index (χ0v) is 17.7. The predicted octanol–water partition coefficient (Wildman–Crippen LogP) is 6.05. The summed E-state index contributed by atoms with van der Waals surface area (Å²) in [5, 5.41) is 12.1. The van der Waals surface area contributed by atoms with Gasteiger partial charge in [0.2, 0.25) is 5.91 Å². The number of nitro groups is 1. The Morgan fingerprint density at radius 3 is 2.38 bits per heavy atom. The van der Waals surface area contributed by atoms with Crippen LogP contribution in [0.2, 0.25) is 10.0 Å². The van der Waals surface area contributed by atoms with Crippen LogP contribution in [0.1, 0.15) is 43.2 Å². The van der Waals surface area contributed by atoms with E-state index < -0.39 is 4.92 Å². The molecule has 0 atom stereocenters. The standard InChI is InChI=1S/C22H24Cl2N2O3/c23-19-9-8-17(21(24)14-19)12-13-25(22(27)18-4-2-1-3-5-18)15-16-6-10-20(11-7-16)26(28)29/h6-11,14,18H,1-5,12-13,15H2. The van der Waals surface area contributed by atoms with Gasteiger partial charge in [0.05, 0.1) is 4.92 Å². The summed E-state index contributed by atoms with van der Waals surface area (Å²) in [4.78, 5) is 25.5. The average Bonchev–Trinajstić information content (AvgIpc) is 2.72. The molecule has 0 aromatic heterocycles. The van der Waals surface area contributed by atoms with Gasteiger partial charge in [0, 0.05) is 41.2 Å². The minimum Gasteiger partial charge on any atom is -0.338 e. The molecule has 1 saturated carbocycles. The van der Waals surface area contributed by atoms with Gasteiger partial charge < -0.3 is 4.90 Å². The molecule has 3 rings (SSSR count). The predicted molar refractivity (Wildman–Crippen MR) is 115 cm³/mol. The van der Waals surface area contributed by atoms with Gasteiger partial charge in [-0.15, -0.1) is 0 Å². The molecular weight excluding hydrogens is 411 g/mol. The first-order valence-corrected chi connectivity index (χ1v) is 10.7. The Balaban J connectivity index is 1.74. The molecule has 0 bridgehead atoms. The van der Waals surface area contributed by atoms with E-state index in [4.69, 9.17) is 23.2 Å². The lowest BCUT2D eigenvalue weighted by Crippen LogP contribution is -2.38. The number of benzene rings is 2. The highest BCUT2D eigenvalue weighted by Gasteiger charge is 2.26. The maximum Gasteiger partial charge on any atom is 0.269 e. The number of rotatable bonds is 7. The van der Waals surface area contributed by atoms with E-state index in [2.05, 4.69) is 0 Å². The normalized spacial score (nSPS) is 14.6. The van der Waals surface area contributed by atoms with Crippen molar-refractivity contribution in [1.82, 2.24) is 4.90 Å². The molecule has 29 heavy (non-hydrogen) atoms. The van der Waals surface area contributed by atoms with Gasteiger partial charge in [-0.25, -0.2) is 0 Å². The third-order valence-electron chi connectivity index (χ3n) is 5.45. The van der Waals surface area contributed by atoms with Crippen LogP contribution in [0.5, 0.6) is 0 Å². The summed E-state index contributed by atoms with van der Waals surface area (Å²) in [7, 11) is 0. The second-order valence-electron chi connectivity index (χ2n) is 7.50. The smallest absolute Gasteiger partial charge is 0.269 e. The third kappa shape index (κ3) is 5.94. The molecule has 7 heteroatoms. The number of non-ortho nitro benzene ring substituents is 1. The number of nitro benzene ring substituents is 1. The molecule has 0 unspecified atom stereocenters. The Morgan fingerprint density at radius 2 is 1.76 bits per heavy atom. The number of carbonyl (C=O) groups excluding carboxylic acids is 1. The molecule has 5 nitrogen and oxygen atoms in total. The van der Waals surface area contributed by atoms with E-state index in [-0.39, 0.29) is 17.5 Å². The molecule has 1 aliphatic rings. The van der Waals surface area contributed by atoms with Crippen molar-refractivity contribution < 1.29 is 9.72 Å². The zero-order valence-electron chi connectivity index (χ0n) is 16.2. The first kappa shape index (κ1) is 21.6. The van der Waals surface area contributed by atoms with Gasteiger partial charge >= 0.3 is 0 Å². The molecule has 0 radical (unpaired) electrons. The van der Waals surface area contributed by atoms with Gasteiger partial charge in [0.25, 0.3) is 5.69 Å². The fourth-order valence-corrected chi connectivity index (χ4v) is 4.30. The number of hydrogen-bond donors (Lipinski definition) is 0. The summed E-state index contributed by atoms with van der Waals surface area (Å²) >= 11 is 12.3. The lowest BCUT2D eigenvalue weighted by Gasteiger charge is -2.29. The summed E-state index contributed by atoms with van der Waals surface area (Å²) in [6.07, 6.45) is 5.85. The number of hydrogen-bond acceptors (Lipinski definition) is 3. The van der Waals surface area contributed by atoms with Gasteiger partial charge in [-0.3, -0.25) is 14.9 Å². The maximum atomic E-state index is 13.2. The minimum atomic E-state index is -0.419. The van der Waals surface area contributed by atoms with Crippen molar-refractivity contribution in [3.05, 3.63) is 73.8 Å². The van der Waals surface area contributed by atoms with Crippen molar-refractivity contribution in [2.45, 2.75) is 45.1 Å². The van der Waals surface area contributed by atoms with E-state index in [0.29, 0.717) is 29.6 Å². The van der Waals surface area contributed by atoms with Crippen molar-refractivity contribution in [3.8, 4) is 0 Å². The van der Waals surface area contributed by atoms with E-state index in [1.165, 1.54) is 18.6 Å². The number of halogens is 2. The molecule has 1 fully saturated rings. The summed E-state index contributed by atoms with van der Waals surface area (Å²) in [5.74, 6) is 0.218. The first-order valence-electron chi connectivity index (χ1n) is 9.90. The Bertz CT molecular complexity index is 865. The molecule has 0 aliphatic heterocycles. The van der Waals surface area contributed by atoms with Crippen LogP contribution >= 0.6 is 23.2 Å². The van der Waals surface area contributed by atoms with Crippen molar-refractivity contribution in [1.29, 1.82) is 0 Å². The largest absolute Gasteiger partial charge is 0.338 e.